The van der Waals surface area contributed by atoms with E-state index < -0.39 is 5.97 Å². The van der Waals surface area contributed by atoms with Crippen molar-refractivity contribution in [2.45, 2.75) is 13.0 Å². The third-order valence-electron chi connectivity index (χ3n) is 2.84. The molecule has 0 radical (unpaired) electrons. The van der Waals surface area contributed by atoms with E-state index >= 15 is 0 Å². The number of anilines is 1. The van der Waals surface area contributed by atoms with Crippen LogP contribution in [0.4, 0.5) is 5.69 Å². The van der Waals surface area contributed by atoms with Crippen LogP contribution in [-0.2, 0) is 25.6 Å². The van der Waals surface area contributed by atoms with E-state index in [0.29, 0.717) is 43.2 Å². The molecule has 0 aromatic heterocycles. The van der Waals surface area contributed by atoms with Gasteiger partial charge in [-0.25, -0.2) is 4.79 Å². The first-order valence-corrected chi connectivity index (χ1v) is 6.80. The van der Waals surface area contributed by atoms with Crippen LogP contribution in [0.2, 0.25) is 0 Å². The van der Waals surface area contributed by atoms with Crippen molar-refractivity contribution in [1.29, 1.82) is 0 Å². The number of rotatable bonds is 10. The highest BCUT2D eigenvalue weighted by molar-refractivity contribution is 5.96. The largest absolute Gasteiger partial charge is 0.465 e. The van der Waals surface area contributed by atoms with E-state index in [1.54, 1.807) is 25.3 Å². The van der Waals surface area contributed by atoms with Crippen molar-refractivity contribution < 1.29 is 23.7 Å². The Balaban J connectivity index is 2.35. The Hall–Kier alpha value is -1.63. The molecule has 0 bridgehead atoms. The number of nitrogens with two attached hydrogens (primary N) is 1. The van der Waals surface area contributed by atoms with Gasteiger partial charge >= 0.3 is 5.97 Å². The van der Waals surface area contributed by atoms with Crippen molar-refractivity contribution >= 4 is 11.7 Å². The molecule has 1 aromatic rings. The Morgan fingerprint density at radius 1 is 1.10 bits per heavy atom. The number of esters is 1. The van der Waals surface area contributed by atoms with Gasteiger partial charge in [0.2, 0.25) is 0 Å². The molecule has 0 aliphatic heterocycles. The Morgan fingerprint density at radius 3 is 2.57 bits per heavy atom. The van der Waals surface area contributed by atoms with E-state index in [-0.39, 0.29) is 6.61 Å². The van der Waals surface area contributed by atoms with Crippen LogP contribution in [0.1, 0.15) is 22.3 Å². The number of ether oxygens (including phenoxy) is 4. The highest BCUT2D eigenvalue weighted by Gasteiger charge is 2.15. The lowest BCUT2D eigenvalue weighted by Gasteiger charge is -2.11. The maximum absolute atomic E-state index is 11.7. The van der Waals surface area contributed by atoms with Crippen LogP contribution in [-0.4, -0.2) is 46.6 Å². The lowest BCUT2D eigenvalue weighted by atomic mass is 10.1. The maximum Gasteiger partial charge on any atom is 0.340 e. The van der Waals surface area contributed by atoms with Gasteiger partial charge in [-0.2, -0.15) is 0 Å². The highest BCUT2D eigenvalue weighted by Crippen LogP contribution is 2.19. The lowest BCUT2D eigenvalue weighted by molar-refractivity contribution is 0.0330. The molecule has 21 heavy (non-hydrogen) atoms. The number of benzene rings is 1. The molecule has 0 heterocycles. The van der Waals surface area contributed by atoms with E-state index in [9.17, 15) is 4.79 Å². The first-order chi connectivity index (χ1) is 10.2. The molecular formula is C15H23NO5. The summed E-state index contributed by atoms with van der Waals surface area (Å²) in [6, 6.07) is 5.23. The summed E-state index contributed by atoms with van der Waals surface area (Å²) in [6.07, 6.45) is 0.859. The van der Waals surface area contributed by atoms with Crippen molar-refractivity contribution in [2.75, 3.05) is 46.4 Å². The van der Waals surface area contributed by atoms with Gasteiger partial charge in [0.05, 0.1) is 32.5 Å². The standard InChI is InChI=1S/C15H23NO5/c1-18-7-4-8-20-9-10-21-11-12-5-3-6-13(16)14(12)15(17)19-2/h3,5-6H,4,7-11,16H2,1-2H3. The minimum absolute atomic E-state index is 0.289. The maximum atomic E-state index is 11.7. The molecule has 6 nitrogen and oxygen atoms in total. The Labute approximate surface area is 125 Å². The summed E-state index contributed by atoms with van der Waals surface area (Å²) in [4.78, 5) is 11.7. The zero-order valence-electron chi connectivity index (χ0n) is 12.6. The summed E-state index contributed by atoms with van der Waals surface area (Å²) >= 11 is 0. The fourth-order valence-electron chi connectivity index (χ4n) is 1.80. The second-order valence-electron chi connectivity index (χ2n) is 4.38. The van der Waals surface area contributed by atoms with Crippen LogP contribution >= 0.6 is 0 Å². The predicted molar refractivity (Wildman–Crippen MR) is 79.2 cm³/mol. The van der Waals surface area contributed by atoms with Crippen molar-refractivity contribution in [1.82, 2.24) is 0 Å². The fraction of sp³-hybridized carbons (Fsp3) is 0.533. The van der Waals surface area contributed by atoms with E-state index in [1.165, 1.54) is 7.11 Å². The van der Waals surface area contributed by atoms with Crippen LogP contribution < -0.4 is 5.73 Å². The second-order valence-corrected chi connectivity index (χ2v) is 4.38. The lowest BCUT2D eigenvalue weighted by Crippen LogP contribution is -2.12. The Morgan fingerprint density at radius 2 is 1.86 bits per heavy atom. The first-order valence-electron chi connectivity index (χ1n) is 6.80. The van der Waals surface area contributed by atoms with E-state index in [4.69, 9.17) is 24.7 Å². The molecule has 1 rings (SSSR count). The van der Waals surface area contributed by atoms with Gasteiger partial charge in [0.1, 0.15) is 0 Å². The SMILES string of the molecule is COCCCOCCOCc1cccc(N)c1C(=O)OC. The summed E-state index contributed by atoms with van der Waals surface area (Å²) in [6.45, 7) is 2.56. The third kappa shape index (κ3) is 6.12. The summed E-state index contributed by atoms with van der Waals surface area (Å²) < 4.78 is 20.5. The number of methoxy groups -OCH3 is 2. The van der Waals surface area contributed by atoms with Gasteiger partial charge in [-0.3, -0.25) is 0 Å². The van der Waals surface area contributed by atoms with Gasteiger partial charge in [-0.1, -0.05) is 12.1 Å². The minimum Gasteiger partial charge on any atom is -0.465 e. The molecule has 0 spiro atoms. The quantitative estimate of drug-likeness (QED) is 0.401. The molecular weight excluding hydrogens is 274 g/mol. The van der Waals surface area contributed by atoms with Gasteiger partial charge in [-0.15, -0.1) is 0 Å². The molecule has 0 aliphatic carbocycles. The molecule has 0 fully saturated rings. The average molecular weight is 297 g/mol. The van der Waals surface area contributed by atoms with Crippen molar-refractivity contribution in [3.63, 3.8) is 0 Å². The molecule has 118 valence electrons. The zero-order chi connectivity index (χ0) is 15.5. The van der Waals surface area contributed by atoms with Crippen LogP contribution in [0.25, 0.3) is 0 Å². The number of carbonyl (C=O) groups is 1. The van der Waals surface area contributed by atoms with E-state index in [1.807, 2.05) is 0 Å². The highest BCUT2D eigenvalue weighted by atomic mass is 16.5. The molecule has 0 saturated heterocycles. The normalized spacial score (nSPS) is 10.6. The topological polar surface area (TPSA) is 80.0 Å². The van der Waals surface area contributed by atoms with Gasteiger partial charge in [-0.05, 0) is 18.1 Å². The predicted octanol–water partition coefficient (Wildman–Crippen LogP) is 1.63. The molecule has 0 aliphatic rings. The zero-order valence-corrected chi connectivity index (χ0v) is 12.6. The van der Waals surface area contributed by atoms with Gasteiger partial charge < -0.3 is 24.7 Å². The molecule has 1 aromatic carbocycles. The summed E-state index contributed by atoms with van der Waals surface area (Å²) in [5, 5.41) is 0. The van der Waals surface area contributed by atoms with Gasteiger partial charge in [0, 0.05) is 26.0 Å². The van der Waals surface area contributed by atoms with E-state index in [2.05, 4.69) is 0 Å². The van der Waals surface area contributed by atoms with Crippen molar-refractivity contribution in [2.24, 2.45) is 0 Å². The first kappa shape index (κ1) is 17.4. The number of nitrogen functional groups attached to an aromatic ring is 1. The number of carbonyl (C=O) groups excluding carboxylic acids is 1. The van der Waals surface area contributed by atoms with Crippen molar-refractivity contribution in [3.05, 3.63) is 29.3 Å². The smallest absolute Gasteiger partial charge is 0.340 e. The van der Waals surface area contributed by atoms with Crippen LogP contribution in [0.5, 0.6) is 0 Å². The monoisotopic (exact) mass is 297 g/mol. The Kier molecular flexibility index (Phi) is 8.42. The molecule has 2 N–H and O–H groups in total. The minimum atomic E-state index is -0.456. The van der Waals surface area contributed by atoms with Gasteiger partial charge in [0.15, 0.2) is 0 Å². The third-order valence-corrected chi connectivity index (χ3v) is 2.84. The Bertz CT molecular complexity index is 436. The second kappa shape index (κ2) is 10.1. The van der Waals surface area contributed by atoms with E-state index in [0.717, 1.165) is 6.42 Å². The van der Waals surface area contributed by atoms with Crippen LogP contribution in [0.3, 0.4) is 0 Å². The summed E-state index contributed by atoms with van der Waals surface area (Å²) in [5.41, 5.74) is 7.26. The molecule has 0 unspecified atom stereocenters. The number of hydrogen-bond acceptors (Lipinski definition) is 6. The number of hydrogen-bond donors (Lipinski definition) is 1. The molecule has 0 saturated carbocycles. The molecule has 0 amide bonds. The molecule has 6 heteroatoms. The summed E-state index contributed by atoms with van der Waals surface area (Å²) in [7, 11) is 2.99. The fourth-order valence-corrected chi connectivity index (χ4v) is 1.80. The molecule has 0 atom stereocenters. The summed E-state index contributed by atoms with van der Waals surface area (Å²) in [5.74, 6) is -0.456. The van der Waals surface area contributed by atoms with Crippen molar-refractivity contribution in [3.8, 4) is 0 Å². The van der Waals surface area contributed by atoms with Crippen LogP contribution in [0, 0.1) is 0 Å². The van der Waals surface area contributed by atoms with Gasteiger partial charge in [0.25, 0.3) is 0 Å². The average Bonchev–Trinajstić information content (AvgIpc) is 2.49. The van der Waals surface area contributed by atoms with Crippen LogP contribution in [0.15, 0.2) is 18.2 Å².